The molecular weight excluding hydrogens is 291 g/mol. The van der Waals surface area contributed by atoms with Gasteiger partial charge in [-0.1, -0.05) is 11.6 Å². The Bertz CT molecular complexity index is 351. The van der Waals surface area contributed by atoms with Crippen LogP contribution >= 0.6 is 27.5 Å². The number of hydrogen-bond acceptors (Lipinski definition) is 2. The van der Waals surface area contributed by atoms with Crippen LogP contribution < -0.4 is 4.74 Å². The smallest absolute Gasteiger partial charge is 0.133 e. The Morgan fingerprint density at radius 1 is 1.50 bits per heavy atom. The molecule has 0 radical (unpaired) electrons. The van der Waals surface area contributed by atoms with Crippen LogP contribution in [0.3, 0.4) is 0 Å². The van der Waals surface area contributed by atoms with E-state index in [1.54, 1.807) is 0 Å². The fraction of sp³-hybridized carbons (Fsp3) is 0.500. The first-order valence-electron chi connectivity index (χ1n) is 5.41. The van der Waals surface area contributed by atoms with Crippen LogP contribution in [-0.2, 0) is 4.74 Å². The Morgan fingerprint density at radius 3 is 3.06 bits per heavy atom. The first-order valence-corrected chi connectivity index (χ1v) is 6.58. The molecule has 1 saturated heterocycles. The lowest BCUT2D eigenvalue weighted by Crippen LogP contribution is -2.07. The summed E-state index contributed by atoms with van der Waals surface area (Å²) in [5.41, 5.74) is 0. The summed E-state index contributed by atoms with van der Waals surface area (Å²) < 4.78 is 11.9. The molecule has 1 fully saturated rings. The van der Waals surface area contributed by atoms with Gasteiger partial charge in [-0.05, 0) is 52.9 Å². The average molecular weight is 306 g/mol. The summed E-state index contributed by atoms with van der Waals surface area (Å²) in [6.45, 7) is 2.51. The molecule has 1 heterocycles. The first kappa shape index (κ1) is 12.2. The molecule has 1 atom stereocenters. The molecule has 1 aromatic rings. The van der Waals surface area contributed by atoms with Gasteiger partial charge in [0.2, 0.25) is 0 Å². The summed E-state index contributed by atoms with van der Waals surface area (Å²) in [5, 5.41) is 0.711. The van der Waals surface area contributed by atoms with Gasteiger partial charge in [0.1, 0.15) is 5.75 Å². The minimum absolute atomic E-state index is 0.658. The van der Waals surface area contributed by atoms with Crippen LogP contribution in [0.5, 0.6) is 5.75 Å². The number of benzene rings is 1. The third kappa shape index (κ3) is 3.37. The fourth-order valence-electron chi connectivity index (χ4n) is 1.74. The molecule has 0 bridgehead atoms. The van der Waals surface area contributed by atoms with Gasteiger partial charge in [-0.15, -0.1) is 0 Å². The van der Waals surface area contributed by atoms with Crippen molar-refractivity contribution in [1.82, 2.24) is 0 Å². The molecule has 0 saturated carbocycles. The van der Waals surface area contributed by atoms with E-state index < -0.39 is 0 Å². The van der Waals surface area contributed by atoms with Crippen LogP contribution in [0, 0.1) is 5.92 Å². The minimum atomic E-state index is 0.658. The Balaban J connectivity index is 1.80. The first-order chi connectivity index (χ1) is 7.75. The Kier molecular flexibility index (Phi) is 4.50. The third-order valence-corrected chi connectivity index (χ3v) is 3.56. The molecule has 1 unspecified atom stereocenters. The maximum atomic E-state index is 5.85. The predicted octanol–water partition coefficient (Wildman–Crippen LogP) is 3.91. The van der Waals surface area contributed by atoms with Gasteiger partial charge >= 0.3 is 0 Å². The Hall–Kier alpha value is -0.250. The summed E-state index contributed by atoms with van der Waals surface area (Å²) in [6, 6.07) is 5.56. The van der Waals surface area contributed by atoms with Gasteiger partial charge in [0.15, 0.2) is 0 Å². The van der Waals surface area contributed by atoms with Crippen molar-refractivity contribution in [2.75, 3.05) is 19.8 Å². The van der Waals surface area contributed by atoms with Crippen molar-refractivity contribution in [1.29, 1.82) is 0 Å². The second kappa shape index (κ2) is 5.89. The molecular formula is C12H14BrClO2. The molecule has 1 aromatic carbocycles. The lowest BCUT2D eigenvalue weighted by Gasteiger charge is -2.10. The van der Waals surface area contributed by atoms with Crippen molar-refractivity contribution in [2.24, 2.45) is 5.92 Å². The van der Waals surface area contributed by atoms with E-state index in [1.807, 2.05) is 18.2 Å². The normalized spacial score (nSPS) is 20.0. The summed E-state index contributed by atoms with van der Waals surface area (Å²) in [5.74, 6) is 1.51. The number of halogens is 2. The van der Waals surface area contributed by atoms with Crippen LogP contribution in [0.4, 0.5) is 0 Å². The summed E-state index contributed by atoms with van der Waals surface area (Å²) >= 11 is 9.28. The fourth-order valence-corrected chi connectivity index (χ4v) is 2.54. The van der Waals surface area contributed by atoms with Crippen LogP contribution in [-0.4, -0.2) is 19.8 Å². The van der Waals surface area contributed by atoms with Crippen LogP contribution in [0.1, 0.15) is 12.8 Å². The van der Waals surface area contributed by atoms with Crippen molar-refractivity contribution in [3.63, 3.8) is 0 Å². The predicted molar refractivity (Wildman–Crippen MR) is 68.2 cm³/mol. The minimum Gasteiger partial charge on any atom is -0.492 e. The van der Waals surface area contributed by atoms with E-state index in [0.29, 0.717) is 10.9 Å². The highest BCUT2D eigenvalue weighted by Crippen LogP contribution is 2.28. The Morgan fingerprint density at radius 2 is 2.38 bits per heavy atom. The van der Waals surface area contributed by atoms with Crippen molar-refractivity contribution < 1.29 is 9.47 Å². The molecule has 2 nitrogen and oxygen atoms in total. The monoisotopic (exact) mass is 304 g/mol. The Labute approximate surface area is 109 Å². The highest BCUT2D eigenvalue weighted by molar-refractivity contribution is 9.10. The van der Waals surface area contributed by atoms with E-state index in [1.165, 1.54) is 0 Å². The second-order valence-electron chi connectivity index (χ2n) is 3.94. The van der Waals surface area contributed by atoms with Crippen LogP contribution in [0.2, 0.25) is 5.02 Å². The SMILES string of the molecule is Clc1ccc(OCCC2CCOC2)c(Br)c1. The van der Waals surface area contributed by atoms with Gasteiger partial charge in [-0.25, -0.2) is 0 Å². The third-order valence-electron chi connectivity index (χ3n) is 2.70. The highest BCUT2D eigenvalue weighted by Gasteiger charge is 2.15. The zero-order valence-corrected chi connectivity index (χ0v) is 11.3. The second-order valence-corrected chi connectivity index (χ2v) is 5.23. The molecule has 0 aromatic heterocycles. The summed E-state index contributed by atoms with van der Waals surface area (Å²) in [7, 11) is 0. The van der Waals surface area contributed by atoms with E-state index >= 15 is 0 Å². The topological polar surface area (TPSA) is 18.5 Å². The summed E-state index contributed by atoms with van der Waals surface area (Å²) in [4.78, 5) is 0. The maximum absolute atomic E-state index is 5.85. The molecule has 0 amide bonds. The molecule has 0 spiro atoms. The molecule has 2 rings (SSSR count). The van der Waals surface area contributed by atoms with Crippen molar-refractivity contribution >= 4 is 27.5 Å². The van der Waals surface area contributed by atoms with Crippen molar-refractivity contribution in [2.45, 2.75) is 12.8 Å². The van der Waals surface area contributed by atoms with Crippen molar-refractivity contribution in [3.05, 3.63) is 27.7 Å². The van der Waals surface area contributed by atoms with Crippen LogP contribution in [0.15, 0.2) is 22.7 Å². The molecule has 4 heteroatoms. The molecule has 88 valence electrons. The number of ether oxygens (including phenoxy) is 2. The average Bonchev–Trinajstić information content (AvgIpc) is 2.74. The molecule has 1 aliphatic rings. The largest absolute Gasteiger partial charge is 0.492 e. The number of hydrogen-bond donors (Lipinski definition) is 0. The van der Waals surface area contributed by atoms with E-state index in [4.69, 9.17) is 21.1 Å². The zero-order valence-electron chi connectivity index (χ0n) is 8.92. The van der Waals surface area contributed by atoms with E-state index in [9.17, 15) is 0 Å². The lowest BCUT2D eigenvalue weighted by molar-refractivity contribution is 0.178. The van der Waals surface area contributed by atoms with E-state index in [-0.39, 0.29) is 0 Å². The maximum Gasteiger partial charge on any atom is 0.133 e. The standard InChI is InChI=1S/C12H14BrClO2/c13-11-7-10(14)1-2-12(11)16-6-4-9-3-5-15-8-9/h1-2,7,9H,3-6,8H2. The molecule has 0 N–H and O–H groups in total. The van der Waals surface area contributed by atoms with Gasteiger partial charge in [0.25, 0.3) is 0 Å². The van der Waals surface area contributed by atoms with Gasteiger partial charge in [0.05, 0.1) is 11.1 Å². The lowest BCUT2D eigenvalue weighted by atomic mass is 10.1. The zero-order chi connectivity index (χ0) is 11.4. The van der Waals surface area contributed by atoms with Crippen LogP contribution in [0.25, 0.3) is 0 Å². The van der Waals surface area contributed by atoms with Gasteiger partial charge < -0.3 is 9.47 Å². The van der Waals surface area contributed by atoms with Gasteiger partial charge in [-0.3, -0.25) is 0 Å². The summed E-state index contributed by atoms with van der Waals surface area (Å²) in [6.07, 6.45) is 2.21. The number of rotatable bonds is 4. The van der Waals surface area contributed by atoms with E-state index in [2.05, 4.69) is 15.9 Å². The van der Waals surface area contributed by atoms with E-state index in [0.717, 1.165) is 42.9 Å². The highest BCUT2D eigenvalue weighted by atomic mass is 79.9. The molecule has 0 aliphatic carbocycles. The molecule has 16 heavy (non-hydrogen) atoms. The van der Waals surface area contributed by atoms with Crippen molar-refractivity contribution in [3.8, 4) is 5.75 Å². The van der Waals surface area contributed by atoms with Gasteiger partial charge in [-0.2, -0.15) is 0 Å². The van der Waals surface area contributed by atoms with Gasteiger partial charge in [0, 0.05) is 18.2 Å². The quantitative estimate of drug-likeness (QED) is 0.840. The molecule has 1 aliphatic heterocycles.